The van der Waals surface area contributed by atoms with E-state index in [1.165, 1.54) is 13.2 Å². The molecule has 1 aliphatic heterocycles. The van der Waals surface area contributed by atoms with Crippen LogP contribution in [0, 0.1) is 5.92 Å². The van der Waals surface area contributed by atoms with Crippen LogP contribution in [0.1, 0.15) is 30.6 Å². The van der Waals surface area contributed by atoms with Gasteiger partial charge in [0.25, 0.3) is 5.91 Å². The van der Waals surface area contributed by atoms with Crippen LogP contribution < -0.4 is 20.3 Å². The molecule has 0 aromatic heterocycles. The number of nitrogens with zero attached hydrogens (tertiary/aromatic N) is 2. The molecule has 2 aromatic rings. The number of carbonyl (C=O) groups excluding carboxylic acids is 2. The van der Waals surface area contributed by atoms with Gasteiger partial charge in [0.05, 0.1) is 22.8 Å². The normalized spacial score (nSPS) is 13.6. The van der Waals surface area contributed by atoms with Crippen LogP contribution in [-0.2, 0) is 4.79 Å². The molecule has 1 fully saturated rings. The lowest BCUT2D eigenvalue weighted by molar-refractivity contribution is -0.132. The van der Waals surface area contributed by atoms with Crippen molar-refractivity contribution in [1.82, 2.24) is 10.2 Å². The second kappa shape index (κ2) is 11.7. The minimum Gasteiger partial charge on any atom is -0.495 e. The van der Waals surface area contributed by atoms with Gasteiger partial charge in [-0.2, -0.15) is 0 Å². The molecule has 0 spiro atoms. The number of hydrogen-bond donors (Lipinski definition) is 2. The van der Waals surface area contributed by atoms with Gasteiger partial charge in [-0.3, -0.25) is 14.9 Å². The number of hydrogen-bond acceptors (Lipinski definition) is 5. The molecule has 1 aliphatic rings. The smallest absolute Gasteiger partial charge is 0.257 e. The predicted octanol–water partition coefficient (Wildman–Crippen LogP) is 4.82. The molecule has 182 valence electrons. The van der Waals surface area contributed by atoms with Crippen molar-refractivity contribution in [1.29, 1.82) is 0 Å². The Morgan fingerprint density at radius 1 is 1.06 bits per heavy atom. The third-order valence-electron chi connectivity index (χ3n) is 5.40. The topological polar surface area (TPSA) is 73.9 Å². The van der Waals surface area contributed by atoms with Gasteiger partial charge in [0, 0.05) is 43.9 Å². The molecule has 0 atom stereocenters. The maximum absolute atomic E-state index is 12.5. The molecule has 0 saturated carbocycles. The number of ether oxygens (including phenoxy) is 1. The zero-order valence-corrected chi connectivity index (χ0v) is 21.7. The summed E-state index contributed by atoms with van der Waals surface area (Å²) < 4.78 is 5.10. The zero-order valence-electron chi connectivity index (χ0n) is 19.4. The van der Waals surface area contributed by atoms with Gasteiger partial charge in [0.2, 0.25) is 5.91 Å². The highest BCUT2D eigenvalue weighted by molar-refractivity contribution is 7.80. The van der Waals surface area contributed by atoms with Gasteiger partial charge in [-0.1, -0.05) is 37.0 Å². The molecule has 0 radical (unpaired) electrons. The van der Waals surface area contributed by atoms with E-state index in [0.29, 0.717) is 52.5 Å². The van der Waals surface area contributed by atoms with E-state index in [0.717, 1.165) is 18.8 Å². The average Bonchev–Trinajstić information content (AvgIpc) is 2.78. The molecule has 10 heteroatoms. The molecule has 0 aliphatic carbocycles. The summed E-state index contributed by atoms with van der Waals surface area (Å²) in [5.41, 5.74) is 1.90. The number of anilines is 2. The Labute approximate surface area is 215 Å². The molecule has 2 aromatic carbocycles. The van der Waals surface area contributed by atoms with Gasteiger partial charge in [-0.15, -0.1) is 0 Å². The highest BCUT2D eigenvalue weighted by Gasteiger charge is 2.23. The van der Waals surface area contributed by atoms with Gasteiger partial charge in [0.15, 0.2) is 5.11 Å². The fourth-order valence-corrected chi connectivity index (χ4v) is 4.43. The number of methoxy groups -OCH3 is 1. The predicted molar refractivity (Wildman–Crippen MR) is 141 cm³/mol. The van der Waals surface area contributed by atoms with E-state index in [1.54, 1.807) is 18.2 Å². The van der Waals surface area contributed by atoms with E-state index >= 15 is 0 Å². The monoisotopic (exact) mass is 522 g/mol. The van der Waals surface area contributed by atoms with Crippen LogP contribution >= 0.6 is 35.4 Å². The first kappa shape index (κ1) is 26.1. The fraction of sp³-hybridized carbons (Fsp3) is 0.375. The van der Waals surface area contributed by atoms with Crippen molar-refractivity contribution in [3.63, 3.8) is 0 Å². The SMILES string of the molecule is COc1ccc(C(=O)NC(=S)Nc2ccc(N3CCN(C(=O)CC(C)C)CC3)c(Cl)c2)cc1Cl. The molecule has 7 nitrogen and oxygen atoms in total. The average molecular weight is 523 g/mol. The van der Waals surface area contributed by atoms with Crippen molar-refractivity contribution in [2.24, 2.45) is 5.92 Å². The molecular formula is C24H28Cl2N4O3S. The largest absolute Gasteiger partial charge is 0.495 e. The summed E-state index contributed by atoms with van der Waals surface area (Å²) >= 11 is 17.9. The van der Waals surface area contributed by atoms with E-state index in [1.807, 2.05) is 17.0 Å². The van der Waals surface area contributed by atoms with Crippen LogP contribution in [-0.4, -0.2) is 55.1 Å². The Bertz CT molecular complexity index is 1070. The van der Waals surface area contributed by atoms with Crippen molar-refractivity contribution in [3.05, 3.63) is 52.0 Å². The summed E-state index contributed by atoms with van der Waals surface area (Å²) in [6.07, 6.45) is 0.572. The van der Waals surface area contributed by atoms with Gasteiger partial charge < -0.3 is 19.9 Å². The maximum Gasteiger partial charge on any atom is 0.257 e. The van der Waals surface area contributed by atoms with E-state index in [9.17, 15) is 9.59 Å². The van der Waals surface area contributed by atoms with E-state index in [2.05, 4.69) is 29.4 Å². The second-order valence-electron chi connectivity index (χ2n) is 8.39. The second-order valence-corrected chi connectivity index (χ2v) is 9.61. The molecular weight excluding hydrogens is 495 g/mol. The van der Waals surface area contributed by atoms with Gasteiger partial charge in [-0.05, 0) is 54.5 Å². The Morgan fingerprint density at radius 2 is 1.76 bits per heavy atom. The molecule has 34 heavy (non-hydrogen) atoms. The summed E-state index contributed by atoms with van der Waals surface area (Å²) in [6, 6.07) is 10.2. The van der Waals surface area contributed by atoms with Crippen LogP contribution in [0.15, 0.2) is 36.4 Å². The number of amides is 2. The fourth-order valence-electron chi connectivity index (χ4n) is 3.66. The van der Waals surface area contributed by atoms with Crippen LogP contribution in [0.25, 0.3) is 0 Å². The molecule has 3 rings (SSSR count). The lowest BCUT2D eigenvalue weighted by Crippen LogP contribution is -2.49. The summed E-state index contributed by atoms with van der Waals surface area (Å²) in [4.78, 5) is 28.8. The van der Waals surface area contributed by atoms with Crippen molar-refractivity contribution in [2.45, 2.75) is 20.3 Å². The Hall–Kier alpha value is -2.55. The van der Waals surface area contributed by atoms with Crippen molar-refractivity contribution in [2.75, 3.05) is 43.5 Å². The number of piperazine rings is 1. The van der Waals surface area contributed by atoms with Crippen molar-refractivity contribution < 1.29 is 14.3 Å². The summed E-state index contributed by atoms with van der Waals surface area (Å²) in [5, 5.41) is 6.63. The van der Waals surface area contributed by atoms with E-state index < -0.39 is 5.91 Å². The van der Waals surface area contributed by atoms with Crippen LogP contribution in [0.5, 0.6) is 5.75 Å². The molecule has 0 unspecified atom stereocenters. The lowest BCUT2D eigenvalue weighted by Gasteiger charge is -2.37. The number of carbonyl (C=O) groups is 2. The zero-order chi connectivity index (χ0) is 24.8. The number of thiocarbonyl (C=S) groups is 1. The van der Waals surface area contributed by atoms with E-state index in [-0.39, 0.29) is 11.0 Å². The third kappa shape index (κ3) is 6.74. The Morgan fingerprint density at radius 3 is 2.35 bits per heavy atom. The van der Waals surface area contributed by atoms with Crippen molar-refractivity contribution in [3.8, 4) is 5.75 Å². The first-order valence-electron chi connectivity index (χ1n) is 11.0. The molecule has 2 amide bonds. The number of halogens is 2. The maximum atomic E-state index is 12.5. The van der Waals surface area contributed by atoms with Gasteiger partial charge in [-0.25, -0.2) is 0 Å². The molecule has 2 N–H and O–H groups in total. The highest BCUT2D eigenvalue weighted by atomic mass is 35.5. The van der Waals surface area contributed by atoms with Gasteiger partial charge in [0.1, 0.15) is 5.75 Å². The van der Waals surface area contributed by atoms with Crippen molar-refractivity contribution >= 4 is 63.7 Å². The summed E-state index contributed by atoms with van der Waals surface area (Å²) in [5.74, 6) is 0.643. The summed E-state index contributed by atoms with van der Waals surface area (Å²) in [7, 11) is 1.51. The molecule has 1 saturated heterocycles. The standard InChI is InChI=1S/C24H28Cl2N4O3S/c1-15(2)12-22(31)30-10-8-29(9-11-30)20-6-5-17(14-18(20)25)27-24(34)28-23(32)16-4-7-21(33-3)19(26)13-16/h4-7,13-15H,8-12H2,1-3H3,(H2,27,28,32,34). The summed E-state index contributed by atoms with van der Waals surface area (Å²) in [6.45, 7) is 6.88. The minimum absolute atomic E-state index is 0.137. The molecule has 0 bridgehead atoms. The van der Waals surface area contributed by atoms with Crippen LogP contribution in [0.2, 0.25) is 10.0 Å². The quantitative estimate of drug-likeness (QED) is 0.529. The van der Waals surface area contributed by atoms with E-state index in [4.69, 9.17) is 40.2 Å². The number of nitrogens with one attached hydrogen (secondary N) is 2. The third-order valence-corrected chi connectivity index (χ3v) is 6.20. The van der Waals surface area contributed by atoms with Gasteiger partial charge >= 0.3 is 0 Å². The first-order chi connectivity index (χ1) is 16.2. The van der Waals surface area contributed by atoms with Crippen LogP contribution in [0.3, 0.4) is 0 Å². The number of rotatable bonds is 6. The minimum atomic E-state index is -0.394. The Kier molecular flexibility index (Phi) is 8.99. The first-order valence-corrected chi connectivity index (χ1v) is 12.1. The highest BCUT2D eigenvalue weighted by Crippen LogP contribution is 2.30. The Balaban J connectivity index is 1.56. The number of benzene rings is 2. The molecule has 1 heterocycles. The van der Waals surface area contributed by atoms with Crippen LogP contribution in [0.4, 0.5) is 11.4 Å². The lowest BCUT2D eigenvalue weighted by atomic mass is 10.1.